The highest BCUT2D eigenvalue weighted by Gasteiger charge is 2.72. The summed E-state index contributed by atoms with van der Waals surface area (Å²) >= 11 is 0. The summed E-state index contributed by atoms with van der Waals surface area (Å²) in [6.45, 7) is 9.13. The molecule has 0 aromatic heterocycles. The third-order valence-electron chi connectivity index (χ3n) is 7.51. The molecule has 7 heteroatoms. The summed E-state index contributed by atoms with van der Waals surface area (Å²) in [5, 5.41) is 0. The lowest BCUT2D eigenvalue weighted by Crippen LogP contribution is -2.55. The number of hydrogen-bond donors (Lipinski definition) is 1. The number of rotatable bonds is 12. The number of nitrogens with two attached hydrogens (primary N) is 1. The Bertz CT molecular complexity index is 713. The molecule has 182 valence electrons. The molecule has 2 heterocycles. The van der Waals surface area contributed by atoms with E-state index in [1.807, 2.05) is 0 Å². The van der Waals surface area contributed by atoms with E-state index >= 15 is 0 Å². The number of carbonyl (C=O) groups excluding carboxylic acids is 2. The minimum Gasteiger partial charge on any atom is -0.460 e. The second kappa shape index (κ2) is 10.3. The molecule has 0 radical (unpaired) electrons. The van der Waals surface area contributed by atoms with Crippen molar-refractivity contribution in [3.63, 3.8) is 0 Å². The summed E-state index contributed by atoms with van der Waals surface area (Å²) in [6.07, 6.45) is 6.46. The molecule has 3 rings (SSSR count). The minimum absolute atomic E-state index is 0.00438. The molecule has 3 aliphatic rings. The molecule has 2 N–H and O–H groups in total. The van der Waals surface area contributed by atoms with Gasteiger partial charge >= 0.3 is 5.97 Å². The maximum absolute atomic E-state index is 12.8. The summed E-state index contributed by atoms with van der Waals surface area (Å²) in [5.74, 6) is -0.630. The van der Waals surface area contributed by atoms with Crippen LogP contribution in [-0.4, -0.2) is 61.5 Å². The minimum atomic E-state index is -0.367. The fourth-order valence-electron chi connectivity index (χ4n) is 5.47. The molecule has 0 aromatic carbocycles. The van der Waals surface area contributed by atoms with Crippen molar-refractivity contribution in [3.05, 3.63) is 11.6 Å². The first-order valence-corrected chi connectivity index (χ1v) is 12.0. The van der Waals surface area contributed by atoms with E-state index in [2.05, 4.69) is 26.8 Å². The second-order valence-corrected chi connectivity index (χ2v) is 10.2. The monoisotopic (exact) mass is 451 g/mol. The van der Waals surface area contributed by atoms with Crippen LogP contribution in [0, 0.1) is 11.8 Å². The zero-order chi connectivity index (χ0) is 23.5. The van der Waals surface area contributed by atoms with Crippen LogP contribution in [-0.2, 0) is 28.5 Å². The molecular formula is C25H41NO6. The Morgan fingerprint density at radius 3 is 2.53 bits per heavy atom. The van der Waals surface area contributed by atoms with E-state index in [1.54, 1.807) is 14.0 Å². The molecule has 32 heavy (non-hydrogen) atoms. The van der Waals surface area contributed by atoms with Crippen molar-refractivity contribution in [2.45, 2.75) is 102 Å². The van der Waals surface area contributed by atoms with Gasteiger partial charge in [-0.3, -0.25) is 9.59 Å². The van der Waals surface area contributed by atoms with Crippen LogP contribution in [0.4, 0.5) is 0 Å². The first kappa shape index (κ1) is 25.3. The normalized spacial score (nSPS) is 36.4. The van der Waals surface area contributed by atoms with E-state index < -0.39 is 0 Å². The van der Waals surface area contributed by atoms with Gasteiger partial charge in [0.15, 0.2) is 0 Å². The highest BCUT2D eigenvalue weighted by atomic mass is 16.6. The first-order valence-electron chi connectivity index (χ1n) is 12.0. The molecule has 7 atom stereocenters. The fourth-order valence-corrected chi connectivity index (χ4v) is 5.47. The molecular weight excluding hydrogens is 410 g/mol. The first-order chi connectivity index (χ1) is 15.2. The zero-order valence-corrected chi connectivity index (χ0v) is 20.4. The topological polar surface area (TPSA) is 104 Å². The third kappa shape index (κ3) is 5.61. The second-order valence-electron chi connectivity index (χ2n) is 10.2. The van der Waals surface area contributed by atoms with Gasteiger partial charge in [0.1, 0.15) is 29.2 Å². The standard InChI is InChI=1S/C25H41NO6/c1-16(2)9-10-20-24(4,32-20)23-22(29-5)19(11-12-25(23)15-30-25)31-21(28)14-18(17(3)27)8-6-7-13-26/h9,18-20,22-23H,6-8,10-15,26H2,1-5H3/t18-,19?,20-,22?,23?,24+,25+/m1/s1. The molecule has 1 spiro atoms. The van der Waals surface area contributed by atoms with E-state index in [1.165, 1.54) is 5.57 Å². The van der Waals surface area contributed by atoms with Gasteiger partial charge in [0.25, 0.3) is 0 Å². The molecule has 1 aliphatic carbocycles. The summed E-state index contributed by atoms with van der Waals surface area (Å²) in [6, 6.07) is 0. The SMILES string of the molecule is COC1C(OC(=O)C[C@@H](CCCCN)C(C)=O)CC[C@]2(CO2)C1[C@@]1(C)O[C@@H]1CC=C(C)C. The van der Waals surface area contributed by atoms with Gasteiger partial charge in [0.2, 0.25) is 0 Å². The van der Waals surface area contributed by atoms with E-state index in [0.717, 1.165) is 25.7 Å². The van der Waals surface area contributed by atoms with Gasteiger partial charge < -0.3 is 24.7 Å². The average Bonchev–Trinajstić information content (AvgIpc) is 3.64. The summed E-state index contributed by atoms with van der Waals surface area (Å²) in [4.78, 5) is 24.8. The van der Waals surface area contributed by atoms with Gasteiger partial charge in [0, 0.05) is 13.0 Å². The Balaban J connectivity index is 1.66. The lowest BCUT2D eigenvalue weighted by molar-refractivity contribution is -0.173. The molecule has 0 amide bonds. The van der Waals surface area contributed by atoms with E-state index in [9.17, 15) is 9.59 Å². The van der Waals surface area contributed by atoms with Crippen LogP contribution in [0.3, 0.4) is 0 Å². The van der Waals surface area contributed by atoms with Crippen molar-refractivity contribution in [3.8, 4) is 0 Å². The molecule has 3 unspecified atom stereocenters. The highest BCUT2D eigenvalue weighted by Crippen LogP contribution is 2.59. The number of Topliss-reactive ketones (excluding diaryl/α,β-unsaturated/α-hetero) is 1. The van der Waals surface area contributed by atoms with Gasteiger partial charge in [-0.1, -0.05) is 18.1 Å². The van der Waals surface area contributed by atoms with Gasteiger partial charge in [-0.15, -0.1) is 0 Å². The Morgan fingerprint density at radius 1 is 1.25 bits per heavy atom. The summed E-state index contributed by atoms with van der Waals surface area (Å²) < 4.78 is 24.0. The molecule has 7 nitrogen and oxygen atoms in total. The number of esters is 1. The number of epoxide rings is 2. The number of methoxy groups -OCH3 is 1. The summed E-state index contributed by atoms with van der Waals surface area (Å²) in [5.41, 5.74) is 6.21. The largest absolute Gasteiger partial charge is 0.460 e. The van der Waals surface area contributed by atoms with Crippen molar-refractivity contribution in [2.75, 3.05) is 20.3 Å². The Kier molecular flexibility index (Phi) is 8.18. The quantitative estimate of drug-likeness (QED) is 0.210. The Morgan fingerprint density at radius 2 is 1.97 bits per heavy atom. The maximum Gasteiger partial charge on any atom is 0.306 e. The number of carbonyl (C=O) groups is 2. The molecule has 2 aliphatic heterocycles. The third-order valence-corrected chi connectivity index (χ3v) is 7.51. The lowest BCUT2D eigenvalue weighted by atomic mass is 9.68. The van der Waals surface area contributed by atoms with Crippen LogP contribution in [0.15, 0.2) is 11.6 Å². The number of hydrogen-bond acceptors (Lipinski definition) is 7. The van der Waals surface area contributed by atoms with Gasteiger partial charge in [-0.25, -0.2) is 0 Å². The average molecular weight is 452 g/mol. The molecule has 2 saturated heterocycles. The number of ether oxygens (including phenoxy) is 4. The highest BCUT2D eigenvalue weighted by molar-refractivity contribution is 5.83. The van der Waals surface area contributed by atoms with Crippen molar-refractivity contribution >= 4 is 11.8 Å². The number of allylic oxidation sites excluding steroid dienone is 1. The van der Waals surface area contributed by atoms with Crippen LogP contribution in [0.1, 0.15) is 72.6 Å². The van der Waals surface area contributed by atoms with Crippen molar-refractivity contribution in [1.29, 1.82) is 0 Å². The van der Waals surface area contributed by atoms with E-state index in [0.29, 0.717) is 26.0 Å². The van der Waals surface area contributed by atoms with Crippen molar-refractivity contribution in [2.24, 2.45) is 17.6 Å². The van der Waals surface area contributed by atoms with Crippen LogP contribution in [0.5, 0.6) is 0 Å². The fraction of sp³-hybridized carbons (Fsp3) is 0.840. The van der Waals surface area contributed by atoms with E-state index in [-0.39, 0.29) is 59.5 Å². The van der Waals surface area contributed by atoms with Crippen LogP contribution in [0.2, 0.25) is 0 Å². The molecule has 3 fully saturated rings. The molecule has 1 saturated carbocycles. The number of ketones is 1. The zero-order valence-electron chi connectivity index (χ0n) is 20.4. The van der Waals surface area contributed by atoms with Crippen LogP contribution in [0.25, 0.3) is 0 Å². The Hall–Kier alpha value is -1.28. The van der Waals surface area contributed by atoms with Crippen molar-refractivity contribution in [1.82, 2.24) is 0 Å². The lowest BCUT2D eigenvalue weighted by Gasteiger charge is -2.42. The van der Waals surface area contributed by atoms with Crippen molar-refractivity contribution < 1.29 is 28.5 Å². The number of unbranched alkanes of at least 4 members (excludes halogenated alkanes) is 1. The predicted molar refractivity (Wildman–Crippen MR) is 121 cm³/mol. The Labute approximate surface area is 192 Å². The molecule has 0 bridgehead atoms. The van der Waals surface area contributed by atoms with Crippen LogP contribution < -0.4 is 5.73 Å². The maximum atomic E-state index is 12.8. The van der Waals surface area contributed by atoms with Gasteiger partial charge in [-0.2, -0.15) is 0 Å². The summed E-state index contributed by atoms with van der Waals surface area (Å²) in [7, 11) is 1.67. The molecule has 0 aromatic rings. The van der Waals surface area contributed by atoms with Crippen LogP contribution >= 0.6 is 0 Å². The van der Waals surface area contributed by atoms with Gasteiger partial charge in [-0.05, 0) is 66.3 Å². The van der Waals surface area contributed by atoms with Gasteiger partial charge in [0.05, 0.1) is 25.0 Å². The van der Waals surface area contributed by atoms with E-state index in [4.69, 9.17) is 24.7 Å². The smallest absolute Gasteiger partial charge is 0.306 e. The predicted octanol–water partition coefficient (Wildman–Crippen LogP) is 3.33.